The van der Waals surface area contributed by atoms with Crippen LogP contribution in [-0.2, 0) is 11.2 Å². The zero-order valence-corrected chi connectivity index (χ0v) is 12.8. The summed E-state index contributed by atoms with van der Waals surface area (Å²) in [5, 5.41) is 0. The minimum atomic E-state index is 0.663. The van der Waals surface area contributed by atoms with Crippen LogP contribution in [0.1, 0.15) is 12.0 Å². The Morgan fingerprint density at radius 2 is 2.10 bits per heavy atom. The number of hydrogen-bond acceptors (Lipinski definition) is 5. The minimum Gasteiger partial charge on any atom is -0.493 e. The Bertz CT molecular complexity index is 420. The van der Waals surface area contributed by atoms with Crippen LogP contribution >= 0.6 is 0 Å². The summed E-state index contributed by atoms with van der Waals surface area (Å²) in [6.45, 7) is 5.86. The van der Waals surface area contributed by atoms with E-state index in [0.717, 1.165) is 57.2 Å². The van der Waals surface area contributed by atoms with Crippen LogP contribution in [0.15, 0.2) is 18.2 Å². The molecule has 5 heteroatoms. The Morgan fingerprint density at radius 3 is 2.81 bits per heavy atom. The van der Waals surface area contributed by atoms with Gasteiger partial charge in [-0.25, -0.2) is 0 Å². The van der Waals surface area contributed by atoms with Crippen molar-refractivity contribution in [2.24, 2.45) is 5.73 Å². The van der Waals surface area contributed by atoms with E-state index in [-0.39, 0.29) is 0 Å². The highest BCUT2D eigenvalue weighted by Gasteiger charge is 2.13. The summed E-state index contributed by atoms with van der Waals surface area (Å²) in [6, 6.07) is 6.03. The van der Waals surface area contributed by atoms with Crippen LogP contribution in [0.5, 0.6) is 11.5 Å². The number of aryl methyl sites for hydroxylation is 1. The number of morpholine rings is 1. The van der Waals surface area contributed by atoms with Crippen molar-refractivity contribution in [1.29, 1.82) is 0 Å². The highest BCUT2D eigenvalue weighted by atomic mass is 16.5. The van der Waals surface area contributed by atoms with Gasteiger partial charge in [0.1, 0.15) is 6.61 Å². The Labute approximate surface area is 127 Å². The first-order chi connectivity index (χ1) is 10.3. The summed E-state index contributed by atoms with van der Waals surface area (Å²) in [6.07, 6.45) is 1.87. The van der Waals surface area contributed by atoms with Gasteiger partial charge in [0.25, 0.3) is 0 Å². The first-order valence-corrected chi connectivity index (χ1v) is 7.64. The van der Waals surface area contributed by atoms with Gasteiger partial charge in [-0.05, 0) is 31.0 Å². The topological polar surface area (TPSA) is 57.0 Å². The van der Waals surface area contributed by atoms with Gasteiger partial charge in [-0.15, -0.1) is 0 Å². The van der Waals surface area contributed by atoms with Crippen LogP contribution in [0.25, 0.3) is 0 Å². The van der Waals surface area contributed by atoms with Crippen molar-refractivity contribution in [2.45, 2.75) is 12.8 Å². The lowest BCUT2D eigenvalue weighted by Crippen LogP contribution is -2.38. The van der Waals surface area contributed by atoms with Gasteiger partial charge in [0, 0.05) is 19.6 Å². The van der Waals surface area contributed by atoms with Crippen LogP contribution in [0.4, 0.5) is 0 Å². The summed E-state index contributed by atoms with van der Waals surface area (Å²) < 4.78 is 16.8. The van der Waals surface area contributed by atoms with E-state index < -0.39 is 0 Å². The van der Waals surface area contributed by atoms with E-state index in [2.05, 4.69) is 11.0 Å². The molecular formula is C16H26N2O3. The molecule has 1 aromatic rings. The van der Waals surface area contributed by atoms with Crippen LogP contribution < -0.4 is 15.2 Å². The van der Waals surface area contributed by atoms with Crippen molar-refractivity contribution in [1.82, 2.24) is 4.90 Å². The van der Waals surface area contributed by atoms with Crippen molar-refractivity contribution < 1.29 is 14.2 Å². The molecule has 1 aliphatic heterocycles. The zero-order valence-electron chi connectivity index (χ0n) is 12.8. The second-order valence-electron chi connectivity index (χ2n) is 5.14. The second kappa shape index (κ2) is 8.87. The van der Waals surface area contributed by atoms with Gasteiger partial charge in [-0.2, -0.15) is 0 Å². The molecule has 0 aromatic heterocycles. The van der Waals surface area contributed by atoms with Crippen LogP contribution in [0.2, 0.25) is 0 Å². The predicted molar refractivity (Wildman–Crippen MR) is 83.1 cm³/mol. The average molecular weight is 294 g/mol. The third-order valence-electron chi connectivity index (χ3n) is 3.69. The van der Waals surface area contributed by atoms with Gasteiger partial charge < -0.3 is 19.9 Å². The summed E-state index contributed by atoms with van der Waals surface area (Å²) in [7, 11) is 1.68. The average Bonchev–Trinajstić information content (AvgIpc) is 2.54. The first-order valence-electron chi connectivity index (χ1n) is 7.64. The summed E-state index contributed by atoms with van der Waals surface area (Å²) >= 11 is 0. The summed E-state index contributed by atoms with van der Waals surface area (Å²) in [4.78, 5) is 2.36. The molecule has 0 unspecified atom stereocenters. The normalized spacial score (nSPS) is 15.9. The summed E-state index contributed by atoms with van der Waals surface area (Å²) in [5.74, 6) is 1.66. The molecule has 1 aliphatic rings. The highest BCUT2D eigenvalue weighted by molar-refractivity contribution is 5.46. The van der Waals surface area contributed by atoms with Gasteiger partial charge in [-0.1, -0.05) is 12.1 Å². The molecule has 0 radical (unpaired) electrons. The third-order valence-corrected chi connectivity index (χ3v) is 3.69. The number of benzene rings is 1. The van der Waals surface area contributed by atoms with E-state index in [1.54, 1.807) is 7.11 Å². The molecule has 21 heavy (non-hydrogen) atoms. The molecular weight excluding hydrogens is 268 g/mol. The van der Waals surface area contributed by atoms with Crippen LogP contribution in [0, 0.1) is 0 Å². The number of methoxy groups -OCH3 is 1. The smallest absolute Gasteiger partial charge is 0.164 e. The molecule has 0 aliphatic carbocycles. The van der Waals surface area contributed by atoms with E-state index in [0.29, 0.717) is 13.2 Å². The number of nitrogens with zero attached hydrogens (tertiary/aromatic N) is 1. The molecule has 2 rings (SSSR count). The van der Waals surface area contributed by atoms with Gasteiger partial charge in [-0.3, -0.25) is 4.90 Å². The molecule has 0 amide bonds. The predicted octanol–water partition coefficient (Wildman–Crippen LogP) is 1.30. The van der Waals surface area contributed by atoms with Crippen LogP contribution in [0.3, 0.4) is 0 Å². The standard InChI is InChI=1S/C16H26N2O3/c1-19-15-6-2-4-14(5-3-7-17)16(15)21-13-10-18-8-11-20-12-9-18/h2,4,6H,3,5,7-13,17H2,1H3. The number of para-hydroxylation sites is 1. The van der Waals surface area contributed by atoms with Crippen LogP contribution in [-0.4, -0.2) is 58.0 Å². The molecule has 0 saturated carbocycles. The Kier molecular flexibility index (Phi) is 6.79. The molecule has 0 bridgehead atoms. The lowest BCUT2D eigenvalue weighted by atomic mass is 10.1. The first kappa shape index (κ1) is 16.1. The quantitative estimate of drug-likeness (QED) is 0.783. The van der Waals surface area contributed by atoms with E-state index >= 15 is 0 Å². The van der Waals surface area contributed by atoms with E-state index in [1.807, 2.05) is 12.1 Å². The highest BCUT2D eigenvalue weighted by Crippen LogP contribution is 2.31. The maximum absolute atomic E-state index is 6.01. The van der Waals surface area contributed by atoms with E-state index in [4.69, 9.17) is 19.9 Å². The van der Waals surface area contributed by atoms with Crippen molar-refractivity contribution in [3.63, 3.8) is 0 Å². The molecule has 1 saturated heterocycles. The SMILES string of the molecule is COc1cccc(CCCN)c1OCCN1CCOCC1. The van der Waals surface area contributed by atoms with Crippen molar-refractivity contribution in [3.8, 4) is 11.5 Å². The molecule has 0 spiro atoms. The van der Waals surface area contributed by atoms with E-state index in [9.17, 15) is 0 Å². The number of nitrogens with two attached hydrogens (primary N) is 1. The number of ether oxygens (including phenoxy) is 3. The largest absolute Gasteiger partial charge is 0.493 e. The molecule has 118 valence electrons. The molecule has 1 aromatic carbocycles. The van der Waals surface area contributed by atoms with Crippen molar-refractivity contribution in [3.05, 3.63) is 23.8 Å². The minimum absolute atomic E-state index is 0.663. The maximum atomic E-state index is 6.01. The van der Waals surface area contributed by atoms with Crippen molar-refractivity contribution in [2.75, 3.05) is 53.1 Å². The molecule has 5 nitrogen and oxygen atoms in total. The number of hydrogen-bond donors (Lipinski definition) is 1. The zero-order chi connectivity index (χ0) is 14.9. The Hall–Kier alpha value is -1.30. The fourth-order valence-electron chi connectivity index (χ4n) is 2.48. The van der Waals surface area contributed by atoms with Crippen molar-refractivity contribution >= 4 is 0 Å². The van der Waals surface area contributed by atoms with Gasteiger partial charge >= 0.3 is 0 Å². The molecule has 1 fully saturated rings. The lowest BCUT2D eigenvalue weighted by molar-refractivity contribution is 0.0320. The number of rotatable bonds is 8. The van der Waals surface area contributed by atoms with E-state index in [1.165, 1.54) is 5.56 Å². The molecule has 2 N–H and O–H groups in total. The maximum Gasteiger partial charge on any atom is 0.164 e. The third kappa shape index (κ3) is 4.88. The Morgan fingerprint density at radius 1 is 1.29 bits per heavy atom. The molecule has 1 heterocycles. The monoisotopic (exact) mass is 294 g/mol. The Balaban J connectivity index is 1.92. The fourth-order valence-corrected chi connectivity index (χ4v) is 2.48. The van der Waals surface area contributed by atoms with Gasteiger partial charge in [0.2, 0.25) is 0 Å². The fraction of sp³-hybridized carbons (Fsp3) is 0.625. The van der Waals surface area contributed by atoms with Gasteiger partial charge in [0.15, 0.2) is 11.5 Å². The summed E-state index contributed by atoms with van der Waals surface area (Å²) in [5.41, 5.74) is 6.77. The second-order valence-corrected chi connectivity index (χ2v) is 5.14. The molecule has 0 atom stereocenters. The lowest BCUT2D eigenvalue weighted by Gasteiger charge is -2.26. The van der Waals surface area contributed by atoms with Gasteiger partial charge in [0.05, 0.1) is 20.3 Å².